The molecule has 0 aliphatic carbocycles. The van der Waals surface area contributed by atoms with Gasteiger partial charge in [-0.2, -0.15) is 0 Å². The Labute approximate surface area is 118 Å². The van der Waals surface area contributed by atoms with Gasteiger partial charge >= 0.3 is 5.97 Å². The molecule has 2 rings (SSSR count). The van der Waals surface area contributed by atoms with E-state index in [-0.39, 0.29) is 0 Å². The highest BCUT2D eigenvalue weighted by atomic mass is 16.5. The first-order chi connectivity index (χ1) is 9.60. The predicted octanol–water partition coefficient (Wildman–Crippen LogP) is 3.03. The number of nitrogens with zero attached hydrogens (tertiary/aromatic N) is 1. The first-order valence-corrected chi connectivity index (χ1v) is 6.27. The number of hydrogen-bond donors (Lipinski definition) is 1. The fraction of sp³-hybridized carbons (Fsp3) is 0.188. The summed E-state index contributed by atoms with van der Waals surface area (Å²) in [5.74, 6) is -0.100. The van der Waals surface area contributed by atoms with E-state index in [0.29, 0.717) is 12.1 Å². The fourth-order valence-corrected chi connectivity index (χ4v) is 2.01. The quantitative estimate of drug-likeness (QED) is 0.908. The molecule has 0 saturated carbocycles. The van der Waals surface area contributed by atoms with Crippen molar-refractivity contribution in [1.29, 1.82) is 0 Å². The van der Waals surface area contributed by atoms with Crippen molar-refractivity contribution in [3.05, 3.63) is 59.7 Å². The average Bonchev–Trinajstić information content (AvgIpc) is 2.47. The van der Waals surface area contributed by atoms with Crippen LogP contribution in [0.15, 0.2) is 48.5 Å². The van der Waals surface area contributed by atoms with E-state index in [2.05, 4.69) is 0 Å². The molecule has 0 unspecified atom stereocenters. The Morgan fingerprint density at radius 3 is 2.65 bits per heavy atom. The number of hydrogen-bond acceptors (Lipinski definition) is 3. The minimum absolute atomic E-state index is 0.292. The van der Waals surface area contributed by atoms with E-state index < -0.39 is 5.97 Å². The molecule has 0 bridgehead atoms. The van der Waals surface area contributed by atoms with Gasteiger partial charge in [0.25, 0.3) is 0 Å². The molecule has 0 aromatic heterocycles. The van der Waals surface area contributed by atoms with Gasteiger partial charge in [-0.3, -0.25) is 0 Å². The van der Waals surface area contributed by atoms with Gasteiger partial charge in [0.15, 0.2) is 0 Å². The van der Waals surface area contributed by atoms with E-state index in [0.717, 1.165) is 17.0 Å². The van der Waals surface area contributed by atoms with E-state index >= 15 is 0 Å². The van der Waals surface area contributed by atoms with Crippen LogP contribution in [-0.2, 0) is 6.54 Å². The number of carbonyl (C=O) groups is 1. The Bertz CT molecular complexity index is 610. The normalized spacial score (nSPS) is 10.1. The van der Waals surface area contributed by atoms with Crippen LogP contribution >= 0.6 is 0 Å². The lowest BCUT2D eigenvalue weighted by molar-refractivity contribution is 0.0697. The fourth-order valence-electron chi connectivity index (χ4n) is 2.01. The van der Waals surface area contributed by atoms with Crippen molar-refractivity contribution in [2.45, 2.75) is 6.54 Å². The van der Waals surface area contributed by atoms with Gasteiger partial charge in [0.05, 0.1) is 12.7 Å². The lowest BCUT2D eigenvalue weighted by Gasteiger charge is -2.20. The lowest BCUT2D eigenvalue weighted by atomic mass is 10.1. The summed E-state index contributed by atoms with van der Waals surface area (Å²) in [5, 5.41) is 9.01. The number of carboxylic acid groups (broad SMARTS) is 1. The van der Waals surface area contributed by atoms with Gasteiger partial charge in [-0.25, -0.2) is 4.79 Å². The molecule has 2 aromatic carbocycles. The summed E-state index contributed by atoms with van der Waals surface area (Å²) in [4.78, 5) is 13.0. The molecule has 0 saturated heterocycles. The maximum absolute atomic E-state index is 11.0. The number of benzene rings is 2. The molecule has 0 fully saturated rings. The van der Waals surface area contributed by atoms with E-state index in [1.165, 1.54) is 0 Å². The van der Waals surface area contributed by atoms with Gasteiger partial charge < -0.3 is 14.7 Å². The molecule has 4 nitrogen and oxygen atoms in total. The molecule has 0 aliphatic rings. The second-order valence-electron chi connectivity index (χ2n) is 4.56. The van der Waals surface area contributed by atoms with Crippen LogP contribution < -0.4 is 9.64 Å². The molecule has 1 N–H and O–H groups in total. The Morgan fingerprint density at radius 1 is 1.20 bits per heavy atom. The van der Waals surface area contributed by atoms with Crippen molar-refractivity contribution in [2.75, 3.05) is 19.1 Å². The molecule has 0 atom stereocenters. The summed E-state index contributed by atoms with van der Waals surface area (Å²) < 4.78 is 5.20. The molecule has 0 amide bonds. The van der Waals surface area contributed by atoms with Crippen LogP contribution in [-0.4, -0.2) is 25.2 Å². The highest BCUT2D eigenvalue weighted by molar-refractivity contribution is 5.88. The third-order valence-corrected chi connectivity index (χ3v) is 3.09. The van der Waals surface area contributed by atoms with Gasteiger partial charge in [-0.1, -0.05) is 18.2 Å². The van der Waals surface area contributed by atoms with Gasteiger partial charge in [0, 0.05) is 19.3 Å². The van der Waals surface area contributed by atoms with Crippen LogP contribution in [0, 0.1) is 0 Å². The second-order valence-corrected chi connectivity index (χ2v) is 4.56. The summed E-state index contributed by atoms with van der Waals surface area (Å²) in [5.41, 5.74) is 2.26. The molecule has 0 radical (unpaired) electrons. The van der Waals surface area contributed by atoms with Crippen molar-refractivity contribution in [3.63, 3.8) is 0 Å². The molecule has 2 aromatic rings. The molecule has 0 aliphatic heterocycles. The number of methoxy groups -OCH3 is 1. The number of anilines is 1. The zero-order chi connectivity index (χ0) is 14.5. The van der Waals surface area contributed by atoms with Crippen LogP contribution in [0.2, 0.25) is 0 Å². The van der Waals surface area contributed by atoms with Gasteiger partial charge in [0.1, 0.15) is 5.75 Å². The van der Waals surface area contributed by atoms with Crippen molar-refractivity contribution in [1.82, 2.24) is 0 Å². The minimum Gasteiger partial charge on any atom is -0.497 e. The zero-order valence-corrected chi connectivity index (χ0v) is 11.5. The molecule has 4 heteroatoms. The van der Waals surface area contributed by atoms with Gasteiger partial charge in [0.2, 0.25) is 0 Å². The zero-order valence-electron chi connectivity index (χ0n) is 11.5. The molecule has 0 heterocycles. The topological polar surface area (TPSA) is 49.8 Å². The van der Waals surface area contributed by atoms with Crippen LogP contribution in [0.5, 0.6) is 5.75 Å². The Kier molecular flexibility index (Phi) is 4.25. The first kappa shape index (κ1) is 13.9. The smallest absolute Gasteiger partial charge is 0.335 e. The number of ether oxygens (including phenoxy) is 1. The van der Waals surface area contributed by atoms with Gasteiger partial charge in [-0.15, -0.1) is 0 Å². The highest BCUT2D eigenvalue weighted by Crippen LogP contribution is 2.19. The maximum Gasteiger partial charge on any atom is 0.335 e. The van der Waals surface area contributed by atoms with Crippen LogP contribution in [0.25, 0.3) is 0 Å². The standard InChI is InChI=1S/C16H17NO3/c1-17(11-12-5-3-8-15(9-12)20-2)14-7-4-6-13(10-14)16(18)19/h3-10H,11H2,1-2H3,(H,18,19). The monoisotopic (exact) mass is 271 g/mol. The van der Waals surface area contributed by atoms with Gasteiger partial charge in [-0.05, 0) is 35.9 Å². The van der Waals surface area contributed by atoms with Crippen LogP contribution in [0.3, 0.4) is 0 Å². The van der Waals surface area contributed by atoms with E-state index in [1.807, 2.05) is 42.3 Å². The molecule has 20 heavy (non-hydrogen) atoms. The predicted molar refractivity (Wildman–Crippen MR) is 78.5 cm³/mol. The Morgan fingerprint density at radius 2 is 1.95 bits per heavy atom. The minimum atomic E-state index is -0.915. The third-order valence-electron chi connectivity index (χ3n) is 3.09. The summed E-state index contributed by atoms with van der Waals surface area (Å²) in [6.45, 7) is 0.681. The summed E-state index contributed by atoms with van der Waals surface area (Å²) in [6.07, 6.45) is 0. The van der Waals surface area contributed by atoms with Crippen molar-refractivity contribution < 1.29 is 14.6 Å². The lowest BCUT2D eigenvalue weighted by Crippen LogP contribution is -2.16. The molecule has 0 spiro atoms. The summed E-state index contributed by atoms with van der Waals surface area (Å²) >= 11 is 0. The second kappa shape index (κ2) is 6.10. The molecule has 104 valence electrons. The SMILES string of the molecule is COc1cccc(CN(C)c2cccc(C(=O)O)c2)c1. The third kappa shape index (κ3) is 3.29. The largest absolute Gasteiger partial charge is 0.497 e. The Balaban J connectivity index is 2.16. The van der Waals surface area contributed by atoms with E-state index in [9.17, 15) is 4.79 Å². The van der Waals surface area contributed by atoms with Crippen molar-refractivity contribution in [2.24, 2.45) is 0 Å². The van der Waals surface area contributed by atoms with E-state index in [1.54, 1.807) is 25.3 Å². The molecular formula is C16H17NO3. The van der Waals surface area contributed by atoms with Crippen LogP contribution in [0.4, 0.5) is 5.69 Å². The average molecular weight is 271 g/mol. The summed E-state index contributed by atoms with van der Waals surface area (Å²) in [6, 6.07) is 14.7. The number of rotatable bonds is 5. The number of aromatic carboxylic acids is 1. The Hall–Kier alpha value is -2.49. The molecular weight excluding hydrogens is 254 g/mol. The maximum atomic E-state index is 11.0. The summed E-state index contributed by atoms with van der Waals surface area (Å²) in [7, 11) is 3.57. The first-order valence-electron chi connectivity index (χ1n) is 6.27. The number of carboxylic acids is 1. The van der Waals surface area contributed by atoms with Crippen molar-refractivity contribution >= 4 is 11.7 Å². The van der Waals surface area contributed by atoms with E-state index in [4.69, 9.17) is 9.84 Å². The highest BCUT2D eigenvalue weighted by Gasteiger charge is 2.07. The van der Waals surface area contributed by atoms with Crippen molar-refractivity contribution in [3.8, 4) is 5.75 Å². The van der Waals surface area contributed by atoms with Crippen LogP contribution in [0.1, 0.15) is 15.9 Å².